The van der Waals surface area contributed by atoms with Gasteiger partial charge in [0.25, 0.3) is 0 Å². The van der Waals surface area contributed by atoms with Gasteiger partial charge in [0, 0.05) is 59.4 Å². The van der Waals surface area contributed by atoms with E-state index in [9.17, 15) is 5.11 Å². The first kappa shape index (κ1) is 22.9. The monoisotopic (exact) mass is 469 g/mol. The van der Waals surface area contributed by atoms with Gasteiger partial charge in [-0.25, -0.2) is 0 Å². The number of methoxy groups -OCH3 is 1. The van der Waals surface area contributed by atoms with E-state index in [-0.39, 0.29) is 29.4 Å². The summed E-state index contributed by atoms with van der Waals surface area (Å²) in [7, 11) is 1.77. The molecule has 2 aliphatic rings. The van der Waals surface area contributed by atoms with Gasteiger partial charge in [0.2, 0.25) is 0 Å². The second-order valence-corrected chi connectivity index (χ2v) is 7.34. The minimum atomic E-state index is -0.685. The summed E-state index contributed by atoms with van der Waals surface area (Å²) in [6.45, 7) is 6.30. The third-order valence-electron chi connectivity index (χ3n) is 5.43. The van der Waals surface area contributed by atoms with E-state index in [0.717, 1.165) is 32.1 Å². The van der Waals surface area contributed by atoms with E-state index < -0.39 is 5.60 Å². The highest BCUT2D eigenvalue weighted by Gasteiger charge is 2.34. The van der Waals surface area contributed by atoms with Gasteiger partial charge in [0.05, 0.1) is 5.60 Å². The SMILES string of the molecule is CCNC(=NCC1(CCOC)CCCC1)NCC1(O)CCOCC1.I. The Hall–Kier alpha value is -0.120. The molecule has 0 atom stereocenters. The number of aliphatic imine (C=N–C) groups is 1. The fourth-order valence-corrected chi connectivity index (χ4v) is 3.70. The third-order valence-corrected chi connectivity index (χ3v) is 5.43. The van der Waals surface area contributed by atoms with Crippen LogP contribution in [0.5, 0.6) is 0 Å². The Morgan fingerprint density at radius 3 is 2.44 bits per heavy atom. The van der Waals surface area contributed by atoms with Crippen LogP contribution in [0.15, 0.2) is 4.99 Å². The lowest BCUT2D eigenvalue weighted by atomic mass is 9.83. The van der Waals surface area contributed by atoms with Crippen molar-refractivity contribution in [3.8, 4) is 0 Å². The van der Waals surface area contributed by atoms with Crippen molar-refractivity contribution < 1.29 is 14.6 Å². The molecule has 25 heavy (non-hydrogen) atoms. The average molecular weight is 469 g/mol. The Morgan fingerprint density at radius 1 is 1.16 bits per heavy atom. The molecule has 0 unspecified atom stereocenters. The molecule has 1 saturated carbocycles. The van der Waals surface area contributed by atoms with E-state index in [4.69, 9.17) is 14.5 Å². The summed E-state index contributed by atoms with van der Waals surface area (Å²) in [4.78, 5) is 4.83. The van der Waals surface area contributed by atoms with Crippen LogP contribution >= 0.6 is 24.0 Å². The lowest BCUT2D eigenvalue weighted by Crippen LogP contribution is -2.49. The molecule has 0 amide bonds. The first-order valence-electron chi connectivity index (χ1n) is 9.43. The molecule has 0 bridgehead atoms. The molecule has 1 aliphatic heterocycles. The van der Waals surface area contributed by atoms with Crippen LogP contribution in [0.25, 0.3) is 0 Å². The van der Waals surface area contributed by atoms with E-state index in [1.54, 1.807) is 7.11 Å². The summed E-state index contributed by atoms with van der Waals surface area (Å²) >= 11 is 0. The molecule has 0 radical (unpaired) electrons. The number of nitrogens with zero attached hydrogens (tertiary/aromatic N) is 1. The molecule has 1 saturated heterocycles. The van der Waals surface area contributed by atoms with Crippen LogP contribution in [-0.4, -0.2) is 63.2 Å². The van der Waals surface area contributed by atoms with E-state index in [0.29, 0.717) is 32.6 Å². The second-order valence-electron chi connectivity index (χ2n) is 7.34. The zero-order valence-electron chi connectivity index (χ0n) is 15.8. The molecule has 1 heterocycles. The standard InChI is InChI=1S/C18H35N3O3.HI/c1-3-19-16(21-15-18(22)9-12-24-13-10-18)20-14-17(8-11-23-2)6-4-5-7-17;/h22H,3-15H2,1-2H3,(H2,19,20,21);1H. The predicted octanol–water partition coefficient (Wildman–Crippen LogP) is 2.30. The van der Waals surface area contributed by atoms with Crippen LogP contribution in [0.4, 0.5) is 0 Å². The quantitative estimate of drug-likeness (QED) is 0.289. The molecule has 0 aromatic rings. The summed E-state index contributed by atoms with van der Waals surface area (Å²) in [5.41, 5.74) is -0.399. The molecular weight excluding hydrogens is 433 g/mol. The third kappa shape index (κ3) is 7.56. The lowest BCUT2D eigenvalue weighted by Gasteiger charge is -2.33. The van der Waals surface area contributed by atoms with Crippen molar-refractivity contribution in [3.05, 3.63) is 0 Å². The summed E-state index contributed by atoms with van der Waals surface area (Å²) in [5, 5.41) is 17.2. The summed E-state index contributed by atoms with van der Waals surface area (Å²) < 4.78 is 10.6. The molecule has 0 aromatic carbocycles. The Kier molecular flexibility index (Phi) is 10.6. The smallest absolute Gasteiger partial charge is 0.191 e. The van der Waals surface area contributed by atoms with Crippen LogP contribution in [0.3, 0.4) is 0 Å². The fraction of sp³-hybridized carbons (Fsp3) is 0.944. The van der Waals surface area contributed by atoms with Gasteiger partial charge >= 0.3 is 0 Å². The molecule has 0 aromatic heterocycles. The minimum absolute atomic E-state index is 0. The van der Waals surface area contributed by atoms with Crippen LogP contribution < -0.4 is 10.6 Å². The first-order valence-corrected chi connectivity index (χ1v) is 9.43. The molecule has 2 rings (SSSR count). The minimum Gasteiger partial charge on any atom is -0.388 e. The zero-order chi connectivity index (χ0) is 17.3. The van der Waals surface area contributed by atoms with E-state index in [1.165, 1.54) is 25.7 Å². The van der Waals surface area contributed by atoms with Crippen LogP contribution in [0.2, 0.25) is 0 Å². The maximum absolute atomic E-state index is 10.6. The van der Waals surface area contributed by atoms with Crippen molar-refractivity contribution in [2.24, 2.45) is 10.4 Å². The first-order chi connectivity index (χ1) is 11.6. The second kappa shape index (κ2) is 11.6. The largest absolute Gasteiger partial charge is 0.388 e. The highest BCUT2D eigenvalue weighted by atomic mass is 127. The van der Waals surface area contributed by atoms with Gasteiger partial charge in [0.1, 0.15) is 0 Å². The number of rotatable bonds is 8. The Balaban J connectivity index is 0.00000312. The Morgan fingerprint density at radius 2 is 1.84 bits per heavy atom. The van der Waals surface area contributed by atoms with Crippen LogP contribution in [0.1, 0.15) is 51.9 Å². The van der Waals surface area contributed by atoms with E-state index >= 15 is 0 Å². The number of hydrogen-bond donors (Lipinski definition) is 3. The number of guanidine groups is 1. The molecule has 7 heteroatoms. The van der Waals surface area contributed by atoms with E-state index in [1.807, 2.05) is 0 Å². The molecule has 148 valence electrons. The molecule has 1 aliphatic carbocycles. The Labute approximate surface area is 169 Å². The summed E-state index contributed by atoms with van der Waals surface area (Å²) in [6, 6.07) is 0. The van der Waals surface area contributed by atoms with Crippen molar-refractivity contribution in [2.75, 3.05) is 46.6 Å². The topological polar surface area (TPSA) is 75.1 Å². The van der Waals surface area contributed by atoms with Gasteiger partial charge in [-0.2, -0.15) is 0 Å². The van der Waals surface area contributed by atoms with Gasteiger partial charge in [-0.15, -0.1) is 24.0 Å². The zero-order valence-corrected chi connectivity index (χ0v) is 18.1. The van der Waals surface area contributed by atoms with Crippen molar-refractivity contribution in [2.45, 2.75) is 57.5 Å². The maximum atomic E-state index is 10.6. The number of ether oxygens (including phenoxy) is 2. The average Bonchev–Trinajstić information content (AvgIpc) is 3.05. The molecular formula is C18H36IN3O3. The maximum Gasteiger partial charge on any atom is 0.191 e. The van der Waals surface area contributed by atoms with Gasteiger partial charge < -0.3 is 25.2 Å². The molecule has 6 nitrogen and oxygen atoms in total. The number of nitrogens with one attached hydrogen (secondary N) is 2. The molecule has 0 spiro atoms. The molecule has 3 N–H and O–H groups in total. The van der Waals surface area contributed by atoms with Crippen molar-refractivity contribution >= 4 is 29.9 Å². The van der Waals surface area contributed by atoms with Crippen molar-refractivity contribution in [3.63, 3.8) is 0 Å². The summed E-state index contributed by atoms with van der Waals surface area (Å²) in [6.07, 6.45) is 7.50. The predicted molar refractivity (Wildman–Crippen MR) is 112 cm³/mol. The number of halogens is 1. The van der Waals surface area contributed by atoms with Gasteiger partial charge in [-0.3, -0.25) is 4.99 Å². The highest BCUT2D eigenvalue weighted by Crippen LogP contribution is 2.41. The lowest BCUT2D eigenvalue weighted by molar-refractivity contribution is -0.0594. The molecule has 2 fully saturated rings. The van der Waals surface area contributed by atoms with Gasteiger partial charge in [0.15, 0.2) is 5.96 Å². The van der Waals surface area contributed by atoms with Gasteiger partial charge in [-0.05, 0) is 31.6 Å². The Bertz CT molecular complexity index is 395. The van der Waals surface area contributed by atoms with Gasteiger partial charge in [-0.1, -0.05) is 12.8 Å². The highest BCUT2D eigenvalue weighted by molar-refractivity contribution is 14.0. The summed E-state index contributed by atoms with van der Waals surface area (Å²) in [5.74, 6) is 0.807. The number of hydrogen-bond acceptors (Lipinski definition) is 4. The number of aliphatic hydroxyl groups is 1. The van der Waals surface area contributed by atoms with Crippen molar-refractivity contribution in [1.82, 2.24) is 10.6 Å². The van der Waals surface area contributed by atoms with Crippen LogP contribution in [-0.2, 0) is 9.47 Å². The van der Waals surface area contributed by atoms with Crippen molar-refractivity contribution in [1.29, 1.82) is 0 Å². The normalized spacial score (nSPS) is 22.3. The van der Waals surface area contributed by atoms with Crippen LogP contribution in [0, 0.1) is 5.41 Å². The fourth-order valence-electron chi connectivity index (χ4n) is 3.70. The van der Waals surface area contributed by atoms with E-state index in [2.05, 4.69) is 17.6 Å².